The molecule has 0 aliphatic carbocycles. The molecule has 0 saturated carbocycles. The van der Waals surface area contributed by atoms with Crippen molar-refractivity contribution in [3.8, 4) is 10.6 Å². The first-order valence-electron chi connectivity index (χ1n) is 8.37. The number of nitrogens with zero attached hydrogens (tertiary/aromatic N) is 3. The molecule has 0 saturated heterocycles. The van der Waals surface area contributed by atoms with Gasteiger partial charge in [0.15, 0.2) is 5.65 Å². The topological polar surface area (TPSA) is 62.5 Å². The lowest BCUT2D eigenvalue weighted by atomic mass is 10.1. The smallest absolute Gasteiger partial charge is 0.154 e. The molecule has 128 valence electrons. The normalized spacial score (nSPS) is 13.0. The van der Waals surface area contributed by atoms with Gasteiger partial charge >= 0.3 is 0 Å². The third kappa shape index (κ3) is 2.99. The summed E-state index contributed by atoms with van der Waals surface area (Å²) in [4.78, 5) is 5.61. The highest BCUT2D eigenvalue weighted by atomic mass is 32.1. The van der Waals surface area contributed by atoms with Crippen LogP contribution in [0.25, 0.3) is 26.3 Å². The molecular formula is C19H20N4OS. The molecule has 0 amide bonds. The van der Waals surface area contributed by atoms with Crippen molar-refractivity contribution in [1.29, 1.82) is 0 Å². The predicted octanol–water partition coefficient (Wildman–Crippen LogP) is 4.04. The Hall–Kier alpha value is -2.44. The Labute approximate surface area is 150 Å². The van der Waals surface area contributed by atoms with Crippen LogP contribution < -0.4 is 5.32 Å². The average Bonchev–Trinajstić information content (AvgIpc) is 3.22. The molecule has 0 spiro atoms. The van der Waals surface area contributed by atoms with Gasteiger partial charge in [-0.1, -0.05) is 32.0 Å². The molecule has 6 heteroatoms. The van der Waals surface area contributed by atoms with Crippen LogP contribution >= 0.6 is 11.3 Å². The van der Waals surface area contributed by atoms with Crippen LogP contribution in [0.5, 0.6) is 0 Å². The summed E-state index contributed by atoms with van der Waals surface area (Å²) < 4.78 is 3.11. The number of aromatic nitrogens is 3. The van der Waals surface area contributed by atoms with Crippen molar-refractivity contribution >= 4 is 32.9 Å². The molecular weight excluding hydrogens is 332 g/mol. The van der Waals surface area contributed by atoms with Crippen molar-refractivity contribution < 1.29 is 5.11 Å². The van der Waals surface area contributed by atoms with E-state index in [-0.39, 0.29) is 12.6 Å². The van der Waals surface area contributed by atoms with Crippen LogP contribution in [-0.2, 0) is 0 Å². The summed E-state index contributed by atoms with van der Waals surface area (Å²) in [6, 6.07) is 14.3. The van der Waals surface area contributed by atoms with E-state index in [1.807, 2.05) is 22.8 Å². The van der Waals surface area contributed by atoms with E-state index in [2.05, 4.69) is 54.5 Å². The zero-order valence-electron chi connectivity index (χ0n) is 14.2. The Bertz CT molecular complexity index is 988. The third-order valence-corrected chi connectivity index (χ3v) is 5.51. The number of benzene rings is 1. The van der Waals surface area contributed by atoms with Crippen molar-refractivity contribution in [3.05, 3.63) is 48.7 Å². The molecule has 4 rings (SSSR count). The van der Waals surface area contributed by atoms with Gasteiger partial charge in [-0.3, -0.25) is 0 Å². The van der Waals surface area contributed by atoms with E-state index in [0.717, 1.165) is 22.0 Å². The number of thiophene rings is 1. The quantitative estimate of drug-likeness (QED) is 0.569. The fraction of sp³-hybridized carbons (Fsp3) is 0.263. The Morgan fingerprint density at radius 1 is 1.20 bits per heavy atom. The third-order valence-electron chi connectivity index (χ3n) is 4.37. The fourth-order valence-electron chi connectivity index (χ4n) is 2.84. The number of hydrogen-bond acceptors (Lipinski definition) is 5. The second kappa shape index (κ2) is 6.46. The predicted molar refractivity (Wildman–Crippen MR) is 103 cm³/mol. The van der Waals surface area contributed by atoms with E-state index in [9.17, 15) is 5.11 Å². The minimum Gasteiger partial charge on any atom is -0.394 e. The van der Waals surface area contributed by atoms with Gasteiger partial charge in [-0.25, -0.2) is 9.50 Å². The van der Waals surface area contributed by atoms with E-state index in [4.69, 9.17) is 5.10 Å². The lowest BCUT2D eigenvalue weighted by Gasteiger charge is -2.20. The zero-order chi connectivity index (χ0) is 17.4. The first-order chi connectivity index (χ1) is 12.2. The molecule has 0 bridgehead atoms. The largest absolute Gasteiger partial charge is 0.394 e. The summed E-state index contributed by atoms with van der Waals surface area (Å²) >= 11 is 1.74. The molecule has 0 fully saturated rings. The number of anilines is 1. The SMILES string of the molecule is CC(C)C(CO)Nc1ccc2ncc(-c3cc4ccccc4s3)n2n1. The molecule has 4 aromatic rings. The van der Waals surface area contributed by atoms with E-state index >= 15 is 0 Å². The van der Waals surface area contributed by atoms with Crippen LogP contribution in [0, 0.1) is 5.92 Å². The highest BCUT2D eigenvalue weighted by molar-refractivity contribution is 7.22. The van der Waals surface area contributed by atoms with Crippen LogP contribution in [0.15, 0.2) is 48.7 Å². The maximum atomic E-state index is 9.54. The molecule has 0 aliphatic heterocycles. The molecule has 0 radical (unpaired) electrons. The lowest BCUT2D eigenvalue weighted by Crippen LogP contribution is -2.30. The summed E-state index contributed by atoms with van der Waals surface area (Å²) in [6.07, 6.45) is 1.86. The Kier molecular flexibility index (Phi) is 4.15. The summed E-state index contributed by atoms with van der Waals surface area (Å²) in [6.45, 7) is 4.23. The molecule has 5 nitrogen and oxygen atoms in total. The zero-order valence-corrected chi connectivity index (χ0v) is 15.0. The minimum absolute atomic E-state index is 0.0266. The number of aliphatic hydroxyl groups excluding tert-OH is 1. The van der Waals surface area contributed by atoms with E-state index in [1.54, 1.807) is 11.3 Å². The monoisotopic (exact) mass is 352 g/mol. The van der Waals surface area contributed by atoms with Crippen molar-refractivity contribution in [2.45, 2.75) is 19.9 Å². The first-order valence-corrected chi connectivity index (χ1v) is 9.18. The molecule has 2 N–H and O–H groups in total. The van der Waals surface area contributed by atoms with Gasteiger partial charge in [0, 0.05) is 4.70 Å². The fourth-order valence-corrected chi connectivity index (χ4v) is 3.90. The van der Waals surface area contributed by atoms with Crippen LogP contribution in [0.1, 0.15) is 13.8 Å². The highest BCUT2D eigenvalue weighted by Crippen LogP contribution is 2.33. The number of fused-ring (bicyclic) bond motifs is 2. The Morgan fingerprint density at radius 3 is 2.80 bits per heavy atom. The maximum Gasteiger partial charge on any atom is 0.154 e. The van der Waals surface area contributed by atoms with Gasteiger partial charge in [0.25, 0.3) is 0 Å². The number of nitrogens with one attached hydrogen (secondary N) is 1. The van der Waals surface area contributed by atoms with E-state index in [0.29, 0.717) is 5.92 Å². The standard InChI is InChI=1S/C19H20N4OS/c1-12(2)14(11-24)21-18-7-8-19-20-10-15(23(19)22-18)17-9-13-5-3-4-6-16(13)25-17/h3-10,12,14,24H,11H2,1-2H3,(H,21,22). The van der Waals surface area contributed by atoms with Crippen molar-refractivity contribution in [3.63, 3.8) is 0 Å². The molecule has 0 aliphatic rings. The summed E-state index contributed by atoms with van der Waals surface area (Å²) in [7, 11) is 0. The van der Waals surface area contributed by atoms with Crippen LogP contribution in [0.3, 0.4) is 0 Å². The molecule has 1 atom stereocenters. The number of hydrogen-bond donors (Lipinski definition) is 2. The Balaban J connectivity index is 1.76. The van der Waals surface area contributed by atoms with Crippen LogP contribution in [0.4, 0.5) is 5.82 Å². The van der Waals surface area contributed by atoms with E-state index in [1.165, 1.54) is 10.1 Å². The van der Waals surface area contributed by atoms with Crippen LogP contribution in [0.2, 0.25) is 0 Å². The second-order valence-electron chi connectivity index (χ2n) is 6.46. The summed E-state index contributed by atoms with van der Waals surface area (Å²) in [5, 5.41) is 18.8. The number of aliphatic hydroxyl groups is 1. The van der Waals surface area contributed by atoms with Gasteiger partial charge < -0.3 is 10.4 Å². The number of imidazole rings is 1. The average molecular weight is 352 g/mol. The van der Waals surface area contributed by atoms with Gasteiger partial charge in [0.1, 0.15) is 11.5 Å². The highest BCUT2D eigenvalue weighted by Gasteiger charge is 2.15. The van der Waals surface area contributed by atoms with Crippen LogP contribution in [-0.4, -0.2) is 32.4 Å². The van der Waals surface area contributed by atoms with E-state index < -0.39 is 0 Å². The lowest BCUT2D eigenvalue weighted by molar-refractivity contribution is 0.249. The van der Waals surface area contributed by atoms with Gasteiger partial charge in [-0.15, -0.1) is 16.4 Å². The van der Waals surface area contributed by atoms with Crippen molar-refractivity contribution in [2.75, 3.05) is 11.9 Å². The van der Waals surface area contributed by atoms with Gasteiger partial charge in [0.2, 0.25) is 0 Å². The molecule has 3 aromatic heterocycles. The van der Waals surface area contributed by atoms with Gasteiger partial charge in [0.05, 0.1) is 23.7 Å². The minimum atomic E-state index is -0.0266. The molecule has 25 heavy (non-hydrogen) atoms. The first kappa shape index (κ1) is 16.1. The maximum absolute atomic E-state index is 9.54. The molecule has 3 heterocycles. The molecule has 1 aromatic carbocycles. The number of rotatable bonds is 5. The summed E-state index contributed by atoms with van der Waals surface area (Å²) in [5.41, 5.74) is 1.79. The van der Waals surface area contributed by atoms with Gasteiger partial charge in [-0.05, 0) is 35.6 Å². The van der Waals surface area contributed by atoms with Crippen molar-refractivity contribution in [1.82, 2.24) is 14.6 Å². The molecule has 1 unspecified atom stereocenters. The van der Waals surface area contributed by atoms with Gasteiger partial charge in [-0.2, -0.15) is 0 Å². The Morgan fingerprint density at radius 2 is 2.04 bits per heavy atom. The second-order valence-corrected chi connectivity index (χ2v) is 7.54. The van der Waals surface area contributed by atoms with Crippen molar-refractivity contribution in [2.24, 2.45) is 5.92 Å². The summed E-state index contributed by atoms with van der Waals surface area (Å²) in [5.74, 6) is 1.05.